The molecule has 0 aliphatic carbocycles. The highest BCUT2D eigenvalue weighted by atomic mass is 35.5. The molecule has 1 N–H and O–H groups in total. The molecule has 1 aliphatic heterocycles. The molecular weight excluding hydrogens is 228 g/mol. The summed E-state index contributed by atoms with van der Waals surface area (Å²) in [6.07, 6.45) is 3.80. The van der Waals surface area contributed by atoms with Crippen LogP contribution in [0, 0.1) is 0 Å². The highest BCUT2D eigenvalue weighted by Gasteiger charge is 2.23. The monoisotopic (exact) mass is 248 g/mol. The smallest absolute Gasteiger partial charge is 0.241 e. The molecule has 0 aromatic heterocycles. The summed E-state index contributed by atoms with van der Waals surface area (Å²) in [7, 11) is 1.84. The van der Waals surface area contributed by atoms with Crippen LogP contribution in [0.5, 0.6) is 0 Å². The van der Waals surface area contributed by atoms with Crippen LogP contribution >= 0.6 is 12.4 Å². The van der Waals surface area contributed by atoms with Gasteiger partial charge in [-0.25, -0.2) is 0 Å². The number of morpholine rings is 1. The van der Waals surface area contributed by atoms with Crippen LogP contribution in [0.25, 0.3) is 0 Å². The molecule has 1 saturated heterocycles. The summed E-state index contributed by atoms with van der Waals surface area (Å²) < 4.78 is 5.25. The topological polar surface area (TPSA) is 41.6 Å². The lowest BCUT2D eigenvalue weighted by Crippen LogP contribution is -2.51. The van der Waals surface area contributed by atoms with E-state index in [1.807, 2.05) is 13.1 Å². The van der Waals surface area contributed by atoms with E-state index >= 15 is 0 Å². The number of carbonyl (C=O) groups excluding carboxylic acids is 1. The first-order valence-corrected chi connectivity index (χ1v) is 5.42. The predicted molar refractivity (Wildman–Crippen MR) is 66.9 cm³/mol. The maximum absolute atomic E-state index is 11.8. The Morgan fingerprint density at radius 1 is 1.69 bits per heavy atom. The molecule has 1 rings (SSSR count). The molecule has 1 aliphatic rings. The van der Waals surface area contributed by atoms with Crippen LogP contribution in [0.2, 0.25) is 0 Å². The van der Waals surface area contributed by atoms with E-state index in [1.165, 1.54) is 0 Å². The van der Waals surface area contributed by atoms with Crippen molar-refractivity contribution in [2.75, 3.05) is 33.4 Å². The van der Waals surface area contributed by atoms with Crippen molar-refractivity contribution in [2.45, 2.75) is 18.9 Å². The average molecular weight is 249 g/mol. The van der Waals surface area contributed by atoms with Gasteiger partial charge in [0.15, 0.2) is 0 Å². The van der Waals surface area contributed by atoms with Gasteiger partial charge in [-0.1, -0.05) is 6.08 Å². The number of amides is 1. The molecular formula is C11H21ClN2O2. The molecule has 1 unspecified atom stereocenters. The van der Waals surface area contributed by atoms with Gasteiger partial charge < -0.3 is 15.0 Å². The Morgan fingerprint density at radius 2 is 2.44 bits per heavy atom. The highest BCUT2D eigenvalue weighted by Crippen LogP contribution is 2.00. The Labute approximate surface area is 103 Å². The number of hydrogen-bond acceptors (Lipinski definition) is 3. The molecule has 94 valence electrons. The molecule has 1 amide bonds. The van der Waals surface area contributed by atoms with E-state index in [1.54, 1.807) is 4.90 Å². The average Bonchev–Trinajstić information content (AvgIpc) is 2.29. The van der Waals surface area contributed by atoms with Crippen LogP contribution in [0.15, 0.2) is 12.7 Å². The summed E-state index contributed by atoms with van der Waals surface area (Å²) in [6, 6.07) is -0.160. The van der Waals surface area contributed by atoms with Crippen LogP contribution in [0.1, 0.15) is 12.8 Å². The van der Waals surface area contributed by atoms with Crippen molar-refractivity contribution < 1.29 is 9.53 Å². The van der Waals surface area contributed by atoms with Crippen molar-refractivity contribution >= 4 is 18.3 Å². The maximum Gasteiger partial charge on any atom is 0.241 e. The van der Waals surface area contributed by atoms with Crippen molar-refractivity contribution in [1.29, 1.82) is 0 Å². The van der Waals surface area contributed by atoms with Gasteiger partial charge in [0.2, 0.25) is 5.91 Å². The van der Waals surface area contributed by atoms with Gasteiger partial charge in [0.05, 0.1) is 13.2 Å². The first-order chi connectivity index (χ1) is 7.25. The zero-order valence-corrected chi connectivity index (χ0v) is 10.6. The van der Waals surface area contributed by atoms with Crippen LogP contribution in [0.3, 0.4) is 0 Å². The van der Waals surface area contributed by atoms with E-state index in [4.69, 9.17) is 4.74 Å². The summed E-state index contributed by atoms with van der Waals surface area (Å²) in [5, 5.41) is 3.15. The number of rotatable bonds is 5. The third-order valence-corrected chi connectivity index (χ3v) is 2.50. The number of nitrogens with one attached hydrogen (secondary N) is 1. The molecule has 1 atom stereocenters. The molecule has 0 aromatic rings. The molecule has 16 heavy (non-hydrogen) atoms. The van der Waals surface area contributed by atoms with Gasteiger partial charge in [-0.2, -0.15) is 0 Å². The van der Waals surface area contributed by atoms with E-state index in [2.05, 4.69) is 11.9 Å². The molecule has 0 radical (unpaired) electrons. The largest absolute Gasteiger partial charge is 0.378 e. The minimum absolute atomic E-state index is 0. The van der Waals surface area contributed by atoms with Crippen molar-refractivity contribution in [1.82, 2.24) is 10.2 Å². The second-order valence-electron chi connectivity index (χ2n) is 3.77. The summed E-state index contributed by atoms with van der Waals surface area (Å²) in [5.74, 6) is 0.124. The summed E-state index contributed by atoms with van der Waals surface area (Å²) >= 11 is 0. The lowest BCUT2D eigenvalue weighted by molar-refractivity contribution is -0.135. The zero-order valence-electron chi connectivity index (χ0n) is 9.78. The van der Waals surface area contributed by atoms with Crippen LogP contribution in [-0.4, -0.2) is 50.2 Å². The van der Waals surface area contributed by atoms with Gasteiger partial charge in [-0.05, 0) is 12.8 Å². The fourth-order valence-corrected chi connectivity index (χ4v) is 1.57. The van der Waals surface area contributed by atoms with E-state index in [9.17, 15) is 4.79 Å². The van der Waals surface area contributed by atoms with Gasteiger partial charge in [0.1, 0.15) is 6.04 Å². The quantitative estimate of drug-likeness (QED) is 0.579. The number of likely N-dealkylation sites (N-methyl/N-ethyl adjacent to an activating group) is 1. The van der Waals surface area contributed by atoms with Gasteiger partial charge in [0.25, 0.3) is 0 Å². The molecule has 0 saturated carbocycles. The lowest BCUT2D eigenvalue weighted by atomic mass is 10.2. The molecule has 0 spiro atoms. The Kier molecular flexibility index (Phi) is 8.25. The van der Waals surface area contributed by atoms with E-state index in [0.29, 0.717) is 13.2 Å². The number of carbonyl (C=O) groups is 1. The third kappa shape index (κ3) is 4.96. The number of allylic oxidation sites excluding steroid dienone is 1. The second-order valence-corrected chi connectivity index (χ2v) is 3.77. The number of unbranched alkanes of at least 4 members (excludes halogenated alkanes) is 1. The maximum atomic E-state index is 11.8. The number of halogens is 1. The van der Waals surface area contributed by atoms with Crippen LogP contribution < -0.4 is 5.32 Å². The van der Waals surface area contributed by atoms with Crippen molar-refractivity contribution in [2.24, 2.45) is 0 Å². The van der Waals surface area contributed by atoms with Gasteiger partial charge in [-0.15, -0.1) is 19.0 Å². The minimum atomic E-state index is -0.160. The van der Waals surface area contributed by atoms with E-state index in [0.717, 1.165) is 25.9 Å². The SMILES string of the molecule is C=CCCCN(C)C(=O)C1COCCN1.Cl. The molecule has 1 heterocycles. The Morgan fingerprint density at radius 3 is 3.00 bits per heavy atom. The minimum Gasteiger partial charge on any atom is -0.378 e. The number of nitrogens with zero attached hydrogens (tertiary/aromatic N) is 1. The van der Waals surface area contributed by atoms with Crippen molar-refractivity contribution in [3.63, 3.8) is 0 Å². The first-order valence-electron chi connectivity index (χ1n) is 5.42. The Bertz CT molecular complexity index is 218. The fourth-order valence-electron chi connectivity index (χ4n) is 1.57. The lowest BCUT2D eigenvalue weighted by Gasteiger charge is -2.27. The Hall–Kier alpha value is -0.580. The zero-order chi connectivity index (χ0) is 11.1. The Balaban J connectivity index is 0.00000225. The summed E-state index contributed by atoms with van der Waals surface area (Å²) in [4.78, 5) is 13.6. The van der Waals surface area contributed by atoms with Gasteiger partial charge >= 0.3 is 0 Å². The van der Waals surface area contributed by atoms with Crippen LogP contribution in [0.4, 0.5) is 0 Å². The summed E-state index contributed by atoms with van der Waals surface area (Å²) in [5.41, 5.74) is 0. The molecule has 1 fully saturated rings. The van der Waals surface area contributed by atoms with Gasteiger partial charge in [0, 0.05) is 20.1 Å². The molecule has 5 heteroatoms. The predicted octanol–water partition coefficient (Wildman–Crippen LogP) is 0.821. The number of ether oxygens (including phenoxy) is 1. The standard InChI is InChI=1S/C11H20N2O2.ClH/c1-3-4-5-7-13(2)11(14)10-9-15-8-6-12-10;/h3,10,12H,1,4-9H2,2H3;1H. The van der Waals surface area contributed by atoms with Gasteiger partial charge in [-0.3, -0.25) is 4.79 Å². The van der Waals surface area contributed by atoms with Crippen molar-refractivity contribution in [3.8, 4) is 0 Å². The highest BCUT2D eigenvalue weighted by molar-refractivity contribution is 5.85. The second kappa shape index (κ2) is 8.56. The third-order valence-electron chi connectivity index (χ3n) is 2.50. The van der Waals surface area contributed by atoms with Crippen LogP contribution in [-0.2, 0) is 9.53 Å². The molecule has 0 bridgehead atoms. The van der Waals surface area contributed by atoms with E-state index < -0.39 is 0 Å². The first kappa shape index (κ1) is 15.4. The number of hydrogen-bond donors (Lipinski definition) is 1. The van der Waals surface area contributed by atoms with Crippen molar-refractivity contribution in [3.05, 3.63) is 12.7 Å². The molecule has 0 aromatic carbocycles. The molecule has 4 nitrogen and oxygen atoms in total. The van der Waals surface area contributed by atoms with E-state index in [-0.39, 0.29) is 24.4 Å². The normalized spacial score (nSPS) is 19.7. The fraction of sp³-hybridized carbons (Fsp3) is 0.727. The summed E-state index contributed by atoms with van der Waals surface area (Å²) in [6.45, 7) is 6.39.